The van der Waals surface area contributed by atoms with Crippen LogP contribution < -0.4 is 0 Å². The van der Waals surface area contributed by atoms with E-state index < -0.39 is 123 Å². The van der Waals surface area contributed by atoms with Crippen LogP contribution in [0.1, 0.15) is 127 Å². The molecule has 0 unspecified atom stereocenters. The lowest BCUT2D eigenvalue weighted by atomic mass is 9.33. The Morgan fingerprint density at radius 1 is 0.635 bits per heavy atom. The van der Waals surface area contributed by atoms with Gasteiger partial charge in [-0.1, -0.05) is 60.1 Å². The lowest BCUT2D eigenvalue weighted by Crippen LogP contribution is -2.68. The summed E-state index contributed by atoms with van der Waals surface area (Å²) in [6.07, 6.45) is -16.2. The van der Waals surface area contributed by atoms with Gasteiger partial charge in [-0.25, -0.2) is 0 Å². The molecule has 0 bridgehead atoms. The second-order valence-electron chi connectivity index (χ2n) is 25.8. The number of ether oxygens (including phenoxy) is 8. The first-order valence-electron chi connectivity index (χ1n) is 27.1. The largest absolute Gasteiger partial charge is 0.502 e. The van der Waals surface area contributed by atoms with Crippen LogP contribution in [0.3, 0.4) is 0 Å². The summed E-state index contributed by atoms with van der Waals surface area (Å²) >= 11 is 0. The summed E-state index contributed by atoms with van der Waals surface area (Å²) in [5.74, 6) is -0.146. The molecule has 4 saturated carbocycles. The summed E-state index contributed by atoms with van der Waals surface area (Å²) in [6, 6.07) is 0. The number of aliphatic hydroxyl groups is 11. The Morgan fingerprint density at radius 2 is 1.24 bits per heavy atom. The van der Waals surface area contributed by atoms with Crippen LogP contribution in [0.5, 0.6) is 0 Å². The van der Waals surface area contributed by atoms with E-state index in [0.29, 0.717) is 12.8 Å². The van der Waals surface area contributed by atoms with Crippen LogP contribution >= 0.6 is 0 Å². The number of Topliss-reactive ketones (excluding diaryl/α,β-unsaturated/α-hetero) is 1. The third-order valence-electron chi connectivity index (χ3n) is 21.1. The average molecular weight is 1060 g/mol. The van der Waals surface area contributed by atoms with Crippen molar-refractivity contribution in [1.29, 1.82) is 0 Å². The number of hydrogen-bond acceptors (Lipinski definition) is 20. The van der Waals surface area contributed by atoms with Gasteiger partial charge in [0.25, 0.3) is 0 Å². The monoisotopic (exact) mass is 1050 g/mol. The average Bonchev–Trinajstić information content (AvgIpc) is 3.34. The van der Waals surface area contributed by atoms with E-state index in [-0.39, 0.29) is 81.3 Å². The van der Waals surface area contributed by atoms with E-state index in [4.69, 9.17) is 37.9 Å². The molecule has 0 aromatic heterocycles. The van der Waals surface area contributed by atoms with Crippen molar-refractivity contribution in [2.45, 2.75) is 237 Å². The highest BCUT2D eigenvalue weighted by Crippen LogP contribution is 2.76. The normalized spacial score (nSPS) is 53.5. The van der Waals surface area contributed by atoms with Crippen LogP contribution in [0, 0.1) is 50.2 Å². The summed E-state index contributed by atoms with van der Waals surface area (Å²) in [5, 5.41) is 119. The van der Waals surface area contributed by atoms with Gasteiger partial charge in [0.05, 0.1) is 44.6 Å². The van der Waals surface area contributed by atoms with Crippen LogP contribution in [-0.2, 0) is 42.7 Å². The van der Waals surface area contributed by atoms with Crippen LogP contribution in [-0.4, -0.2) is 192 Å². The van der Waals surface area contributed by atoms with E-state index in [0.717, 1.165) is 44.9 Å². The zero-order valence-corrected chi connectivity index (χ0v) is 44.5. The molecule has 4 aliphatic heterocycles. The van der Waals surface area contributed by atoms with Crippen molar-refractivity contribution >= 4 is 5.78 Å². The molecule has 9 aliphatic rings. The van der Waals surface area contributed by atoms with E-state index in [9.17, 15) is 61.0 Å². The third-order valence-corrected chi connectivity index (χ3v) is 21.1. The minimum Gasteiger partial charge on any atom is -0.502 e. The Kier molecular flexibility index (Phi) is 15.6. The van der Waals surface area contributed by atoms with Crippen molar-refractivity contribution in [3.05, 3.63) is 23.2 Å². The topological polar surface area (TPSA) is 313 Å². The molecule has 3 saturated heterocycles. The molecule has 0 radical (unpaired) electrons. The molecule has 9 rings (SSSR count). The number of carbonyl (C=O) groups is 1. The summed E-state index contributed by atoms with van der Waals surface area (Å²) in [6.45, 7) is 17.5. The molecule has 4 heterocycles. The summed E-state index contributed by atoms with van der Waals surface area (Å²) < 4.78 is 49.7. The SMILES string of the molecule is CC1=C(O)C(=O)C[C@H](O[C@@H]2CC(C)(C)C[C@H]3C4=CC[C@@H]5[C@@]6(C)CC[C@H](O[C@@H]7O[C@H](CO)[C@@H](O)[C@H](O)[C@H]7O[C@@H]7O[C@H](CO)[C@H](O)[C@H](O)[C@H]7O[C@@H]7O[C@@H](C)[C@H](O)[C@@H](O)[C@H]7O)[C@](C)(CO)[C@@H]6CC[C@@]5(C)[C@]4(C)CC[C@@]23C)O1. The number of ketones is 1. The quantitative estimate of drug-likeness (QED) is 0.104. The molecule has 7 fully saturated rings. The van der Waals surface area contributed by atoms with Gasteiger partial charge in [-0.3, -0.25) is 4.79 Å². The van der Waals surface area contributed by atoms with Crippen molar-refractivity contribution < 1.29 is 98.9 Å². The van der Waals surface area contributed by atoms with E-state index in [2.05, 4.69) is 47.6 Å². The van der Waals surface area contributed by atoms with Gasteiger partial charge in [0.1, 0.15) is 72.9 Å². The molecule has 74 heavy (non-hydrogen) atoms. The molecule has 0 amide bonds. The van der Waals surface area contributed by atoms with Crippen LogP contribution in [0.4, 0.5) is 0 Å². The molecular formula is C54H86O20. The molecule has 422 valence electrons. The van der Waals surface area contributed by atoms with Crippen molar-refractivity contribution in [1.82, 2.24) is 0 Å². The van der Waals surface area contributed by atoms with E-state index >= 15 is 0 Å². The highest BCUT2D eigenvalue weighted by molar-refractivity contribution is 5.94. The Bertz CT molecular complexity index is 2120. The number of hydrogen-bond donors (Lipinski definition) is 11. The number of aliphatic hydroxyl groups excluding tert-OH is 11. The van der Waals surface area contributed by atoms with Crippen LogP contribution in [0.15, 0.2) is 23.2 Å². The maximum absolute atomic E-state index is 12.7. The Morgan fingerprint density at radius 3 is 1.84 bits per heavy atom. The molecule has 26 atom stereocenters. The maximum Gasteiger partial charge on any atom is 0.207 e. The van der Waals surface area contributed by atoms with Crippen molar-refractivity contribution in [2.24, 2.45) is 50.2 Å². The second-order valence-corrected chi connectivity index (χ2v) is 25.8. The van der Waals surface area contributed by atoms with Gasteiger partial charge in [0.2, 0.25) is 12.1 Å². The van der Waals surface area contributed by atoms with Gasteiger partial charge < -0.3 is 94.1 Å². The summed E-state index contributed by atoms with van der Waals surface area (Å²) in [5.41, 5.74) is -0.237. The fourth-order valence-corrected chi connectivity index (χ4v) is 16.3. The van der Waals surface area contributed by atoms with Crippen molar-refractivity contribution in [2.75, 3.05) is 19.8 Å². The fourth-order valence-electron chi connectivity index (χ4n) is 16.3. The summed E-state index contributed by atoms with van der Waals surface area (Å²) in [4.78, 5) is 12.7. The van der Waals surface area contributed by atoms with Gasteiger partial charge in [0.15, 0.2) is 24.6 Å². The van der Waals surface area contributed by atoms with Gasteiger partial charge in [0, 0.05) is 10.8 Å². The van der Waals surface area contributed by atoms with E-state index in [1.54, 1.807) is 6.92 Å². The number of fused-ring (bicyclic) bond motifs is 7. The lowest BCUT2D eigenvalue weighted by Gasteiger charge is -2.72. The Balaban J connectivity index is 0.970. The zero-order chi connectivity index (χ0) is 54.0. The zero-order valence-electron chi connectivity index (χ0n) is 44.5. The smallest absolute Gasteiger partial charge is 0.207 e. The number of allylic oxidation sites excluding steroid dienone is 4. The number of rotatable bonds is 11. The molecule has 0 spiro atoms. The minimum atomic E-state index is -1.87. The first kappa shape index (κ1) is 56.8. The Labute approximate surface area is 433 Å². The molecule has 20 nitrogen and oxygen atoms in total. The first-order valence-corrected chi connectivity index (χ1v) is 27.1. The molecular weight excluding hydrogens is 969 g/mol. The second kappa shape index (κ2) is 20.3. The molecule has 5 aliphatic carbocycles. The van der Waals surface area contributed by atoms with E-state index in [1.807, 2.05) is 6.92 Å². The molecule has 11 N–H and O–H groups in total. The highest BCUT2D eigenvalue weighted by atomic mass is 16.8. The summed E-state index contributed by atoms with van der Waals surface area (Å²) in [7, 11) is 0. The predicted octanol–water partition coefficient (Wildman–Crippen LogP) is 1.74. The third kappa shape index (κ3) is 9.06. The van der Waals surface area contributed by atoms with Crippen LogP contribution in [0.2, 0.25) is 0 Å². The highest BCUT2D eigenvalue weighted by Gasteiger charge is 2.70. The predicted molar refractivity (Wildman–Crippen MR) is 259 cm³/mol. The molecule has 0 aromatic carbocycles. The number of carbonyl (C=O) groups excluding carboxylic acids is 1. The first-order chi connectivity index (χ1) is 34.6. The lowest BCUT2D eigenvalue weighted by molar-refractivity contribution is -0.398. The van der Waals surface area contributed by atoms with E-state index in [1.165, 1.54) is 12.5 Å². The minimum absolute atomic E-state index is 0.0351. The fraction of sp³-hybridized carbons (Fsp3) is 0.907. The van der Waals surface area contributed by atoms with Crippen LogP contribution in [0.25, 0.3) is 0 Å². The van der Waals surface area contributed by atoms with Gasteiger partial charge in [-0.2, -0.15) is 0 Å². The van der Waals surface area contributed by atoms with Crippen molar-refractivity contribution in [3.8, 4) is 0 Å². The van der Waals surface area contributed by atoms with Gasteiger partial charge >= 0.3 is 0 Å². The standard InChI is InChI=1S/C54H86O20/c1-24-36(59)28(58)18-35(67-24)71-34-20-49(3,4)19-27-26-10-11-32-51(6)14-13-33(52(7,23-57)31(51)12-15-54(32,9)53(26,8)17-16-50(27,34)5)72-47-44(41(64)38(61)29(21-55)69-47)74-48-45(42(65)39(62)30(22-56)70-48)73-46-43(66)40(63)37(60)25(2)68-46/h10,25,27,29-35,37-48,55-57,59-66H,11-23H2,1-9H3/t25-,27-,29+,30+,31+,32+,33-,34+,35-,37-,38+,39-,40+,41-,42-,43+,44+,45+,46-,47-,48-,50+,51-,52+,53+,54+/m0/s1. The van der Waals surface area contributed by atoms with Gasteiger partial charge in [-0.15, -0.1) is 0 Å². The maximum atomic E-state index is 12.7. The Hall–Kier alpha value is -1.93. The molecule has 0 aromatic rings. The molecule has 20 heteroatoms. The van der Waals surface area contributed by atoms with Gasteiger partial charge in [-0.05, 0) is 111 Å². The van der Waals surface area contributed by atoms with Crippen molar-refractivity contribution in [3.63, 3.8) is 0 Å².